The third kappa shape index (κ3) is 4.32. The Morgan fingerprint density at radius 3 is 2.43 bits per heavy atom. The molecule has 1 N–H and O–H groups in total. The summed E-state index contributed by atoms with van der Waals surface area (Å²) >= 11 is 0. The van der Waals surface area contributed by atoms with Gasteiger partial charge in [0, 0.05) is 24.3 Å². The lowest BCUT2D eigenvalue weighted by Crippen LogP contribution is -2.32. The molecule has 120 valence electrons. The second-order valence-electron chi connectivity index (χ2n) is 5.29. The van der Waals surface area contributed by atoms with E-state index in [9.17, 15) is 9.59 Å². The predicted molar refractivity (Wildman–Crippen MR) is 89.5 cm³/mol. The number of furan rings is 1. The van der Waals surface area contributed by atoms with Crippen molar-refractivity contribution in [1.29, 1.82) is 0 Å². The zero-order valence-electron chi connectivity index (χ0n) is 13.3. The third-order valence-electron chi connectivity index (χ3n) is 3.26. The van der Waals surface area contributed by atoms with Crippen molar-refractivity contribution in [2.45, 2.75) is 13.8 Å². The minimum Gasteiger partial charge on any atom is -0.459 e. The lowest BCUT2D eigenvalue weighted by Gasteiger charge is -2.21. The summed E-state index contributed by atoms with van der Waals surface area (Å²) in [7, 11) is 0. The van der Waals surface area contributed by atoms with Gasteiger partial charge < -0.3 is 14.6 Å². The number of benzene rings is 1. The van der Waals surface area contributed by atoms with Crippen molar-refractivity contribution >= 4 is 17.5 Å². The van der Waals surface area contributed by atoms with Crippen LogP contribution in [0.2, 0.25) is 0 Å². The number of hydrogen-bond acceptors (Lipinski definition) is 3. The highest BCUT2D eigenvalue weighted by Crippen LogP contribution is 2.14. The molecule has 1 heterocycles. The third-order valence-corrected chi connectivity index (χ3v) is 3.26. The number of nitrogens with one attached hydrogen (secondary N) is 1. The molecule has 0 unspecified atom stereocenters. The second kappa shape index (κ2) is 7.45. The second-order valence-corrected chi connectivity index (χ2v) is 5.29. The van der Waals surface area contributed by atoms with Gasteiger partial charge in [-0.05, 0) is 50.2 Å². The number of hydrogen-bond donors (Lipinski definition) is 1. The maximum Gasteiger partial charge on any atom is 0.291 e. The number of likely N-dealkylation sites (N-methyl/N-ethyl adjacent to an activating group) is 1. The quantitative estimate of drug-likeness (QED) is 0.829. The van der Waals surface area contributed by atoms with E-state index in [0.717, 1.165) is 5.57 Å². The molecule has 1 aromatic carbocycles. The first-order valence-corrected chi connectivity index (χ1v) is 7.40. The van der Waals surface area contributed by atoms with Gasteiger partial charge in [0.05, 0.1) is 6.26 Å². The highest BCUT2D eigenvalue weighted by atomic mass is 16.3. The number of carbonyl (C=O) groups is 2. The van der Waals surface area contributed by atoms with Gasteiger partial charge in [-0.2, -0.15) is 0 Å². The van der Waals surface area contributed by atoms with E-state index in [1.165, 1.54) is 6.26 Å². The van der Waals surface area contributed by atoms with Crippen LogP contribution in [0.25, 0.3) is 0 Å². The van der Waals surface area contributed by atoms with Crippen LogP contribution < -0.4 is 5.32 Å². The van der Waals surface area contributed by atoms with Crippen LogP contribution in [0.15, 0.2) is 59.2 Å². The Labute approximate surface area is 135 Å². The van der Waals surface area contributed by atoms with Crippen molar-refractivity contribution in [1.82, 2.24) is 4.90 Å². The Balaban J connectivity index is 2.05. The first-order valence-electron chi connectivity index (χ1n) is 7.40. The number of rotatable bonds is 6. The Hall–Kier alpha value is -2.82. The SMILES string of the molecule is C=C(C)CN(CC)C(=O)c1ccc(NC(=O)c2ccco2)cc1. The fourth-order valence-corrected chi connectivity index (χ4v) is 2.13. The van der Waals surface area contributed by atoms with Gasteiger partial charge in [0.15, 0.2) is 5.76 Å². The van der Waals surface area contributed by atoms with Gasteiger partial charge in [-0.3, -0.25) is 9.59 Å². The van der Waals surface area contributed by atoms with Gasteiger partial charge in [-0.25, -0.2) is 0 Å². The van der Waals surface area contributed by atoms with Crippen LogP contribution in [0.3, 0.4) is 0 Å². The Morgan fingerprint density at radius 2 is 1.91 bits per heavy atom. The van der Waals surface area contributed by atoms with Gasteiger partial charge in [-0.15, -0.1) is 0 Å². The van der Waals surface area contributed by atoms with E-state index in [2.05, 4.69) is 11.9 Å². The summed E-state index contributed by atoms with van der Waals surface area (Å²) in [5.74, 6) is -0.144. The average molecular weight is 312 g/mol. The Kier molecular flexibility index (Phi) is 5.36. The van der Waals surface area contributed by atoms with E-state index >= 15 is 0 Å². The highest BCUT2D eigenvalue weighted by Gasteiger charge is 2.14. The number of amides is 2. The van der Waals surface area contributed by atoms with Crippen molar-refractivity contribution in [2.75, 3.05) is 18.4 Å². The summed E-state index contributed by atoms with van der Waals surface area (Å²) in [5, 5.41) is 2.71. The van der Waals surface area contributed by atoms with Crippen LogP contribution in [-0.4, -0.2) is 29.8 Å². The van der Waals surface area contributed by atoms with Crippen LogP contribution in [0.5, 0.6) is 0 Å². The molecule has 0 aliphatic rings. The molecule has 2 aromatic rings. The van der Waals surface area contributed by atoms with Gasteiger partial charge in [0.2, 0.25) is 0 Å². The lowest BCUT2D eigenvalue weighted by molar-refractivity contribution is 0.0778. The van der Waals surface area contributed by atoms with Crippen LogP contribution >= 0.6 is 0 Å². The molecule has 2 amide bonds. The van der Waals surface area contributed by atoms with Crippen molar-refractivity contribution < 1.29 is 14.0 Å². The first-order chi connectivity index (χ1) is 11.0. The van der Waals surface area contributed by atoms with Gasteiger partial charge in [-0.1, -0.05) is 12.2 Å². The molecule has 0 radical (unpaired) electrons. The summed E-state index contributed by atoms with van der Waals surface area (Å²) in [6, 6.07) is 10.0. The molecule has 0 aliphatic carbocycles. The molecule has 23 heavy (non-hydrogen) atoms. The topological polar surface area (TPSA) is 62.6 Å². The van der Waals surface area contributed by atoms with Crippen LogP contribution in [0, 0.1) is 0 Å². The molecule has 5 nitrogen and oxygen atoms in total. The largest absolute Gasteiger partial charge is 0.459 e. The van der Waals surface area contributed by atoms with E-state index in [4.69, 9.17) is 4.42 Å². The molecule has 0 saturated carbocycles. The number of anilines is 1. The summed E-state index contributed by atoms with van der Waals surface area (Å²) in [4.78, 5) is 26.0. The maximum absolute atomic E-state index is 12.4. The molecular formula is C18H20N2O3. The zero-order chi connectivity index (χ0) is 16.8. The number of carbonyl (C=O) groups excluding carboxylic acids is 2. The summed E-state index contributed by atoms with van der Waals surface area (Å²) in [6.07, 6.45) is 1.44. The van der Waals surface area contributed by atoms with Gasteiger partial charge >= 0.3 is 0 Å². The molecule has 0 bridgehead atoms. The minimum atomic E-state index is -0.327. The summed E-state index contributed by atoms with van der Waals surface area (Å²) in [6.45, 7) is 8.81. The van der Waals surface area contributed by atoms with E-state index in [1.54, 1.807) is 41.3 Å². The van der Waals surface area contributed by atoms with Crippen molar-refractivity contribution in [2.24, 2.45) is 0 Å². The molecular weight excluding hydrogens is 292 g/mol. The molecule has 0 saturated heterocycles. The lowest BCUT2D eigenvalue weighted by atomic mass is 10.1. The molecule has 0 aliphatic heterocycles. The van der Waals surface area contributed by atoms with E-state index in [0.29, 0.717) is 24.3 Å². The molecule has 0 spiro atoms. The fraction of sp³-hybridized carbons (Fsp3) is 0.222. The highest BCUT2D eigenvalue weighted by molar-refractivity contribution is 6.02. The smallest absolute Gasteiger partial charge is 0.291 e. The predicted octanol–water partition coefficient (Wildman–Crippen LogP) is 3.57. The molecule has 5 heteroatoms. The summed E-state index contributed by atoms with van der Waals surface area (Å²) in [5.41, 5.74) is 2.11. The van der Waals surface area contributed by atoms with Gasteiger partial charge in [0.25, 0.3) is 11.8 Å². The van der Waals surface area contributed by atoms with E-state index in [1.807, 2.05) is 13.8 Å². The standard InChI is InChI=1S/C18H20N2O3/c1-4-20(12-13(2)3)18(22)14-7-9-15(10-8-14)19-17(21)16-6-5-11-23-16/h5-11H,2,4,12H2,1,3H3,(H,19,21). The molecule has 2 rings (SSSR count). The maximum atomic E-state index is 12.4. The van der Waals surface area contributed by atoms with Crippen LogP contribution in [0.1, 0.15) is 34.8 Å². The van der Waals surface area contributed by atoms with Crippen molar-refractivity contribution in [3.05, 3.63) is 66.1 Å². The Bertz CT molecular complexity index is 688. The first kappa shape index (κ1) is 16.5. The van der Waals surface area contributed by atoms with Gasteiger partial charge in [0.1, 0.15) is 0 Å². The monoisotopic (exact) mass is 312 g/mol. The number of nitrogens with zero attached hydrogens (tertiary/aromatic N) is 1. The molecule has 0 atom stereocenters. The van der Waals surface area contributed by atoms with E-state index < -0.39 is 0 Å². The Morgan fingerprint density at radius 1 is 1.22 bits per heavy atom. The summed E-state index contributed by atoms with van der Waals surface area (Å²) < 4.78 is 5.03. The molecule has 1 aromatic heterocycles. The zero-order valence-corrected chi connectivity index (χ0v) is 13.3. The normalized spacial score (nSPS) is 10.2. The van der Waals surface area contributed by atoms with E-state index in [-0.39, 0.29) is 17.6 Å². The van der Waals surface area contributed by atoms with Crippen LogP contribution in [0.4, 0.5) is 5.69 Å². The molecule has 0 fully saturated rings. The van der Waals surface area contributed by atoms with Crippen molar-refractivity contribution in [3.8, 4) is 0 Å². The van der Waals surface area contributed by atoms with Crippen LogP contribution in [-0.2, 0) is 0 Å². The van der Waals surface area contributed by atoms with Crippen molar-refractivity contribution in [3.63, 3.8) is 0 Å². The average Bonchev–Trinajstić information content (AvgIpc) is 3.07. The minimum absolute atomic E-state index is 0.0561. The fourth-order valence-electron chi connectivity index (χ4n) is 2.13.